The minimum absolute atomic E-state index is 0.00347. The van der Waals surface area contributed by atoms with E-state index in [1.165, 1.54) is 205 Å². The Kier molecular flexibility index (Phi) is 54.3. The van der Waals surface area contributed by atoms with E-state index in [1.807, 2.05) is 0 Å². The Morgan fingerprint density at radius 3 is 0.932 bits per heavy atom. The molecule has 10 aliphatic rings. The van der Waals surface area contributed by atoms with Gasteiger partial charge in [-0.3, -0.25) is 0 Å². The monoisotopic (exact) mass is 1250 g/mol. The van der Waals surface area contributed by atoms with E-state index in [0.29, 0.717) is 17.8 Å². The van der Waals surface area contributed by atoms with Crippen molar-refractivity contribution in [3.63, 3.8) is 0 Å². The van der Waals surface area contributed by atoms with Gasteiger partial charge in [-0.05, 0) is 227 Å². The maximum Gasteiger partial charge on any atom is 0.0568 e. The summed E-state index contributed by atoms with van der Waals surface area (Å²) in [5.41, 5.74) is 0. The van der Waals surface area contributed by atoms with E-state index in [9.17, 15) is 30.6 Å². The fraction of sp³-hybridized carbons (Fsp3) is 1.00. The fourth-order valence-corrected chi connectivity index (χ4v) is 15.5. The first-order chi connectivity index (χ1) is 42.3. The molecule has 10 fully saturated rings. The predicted molar refractivity (Wildman–Crippen MR) is 373 cm³/mol. The summed E-state index contributed by atoms with van der Waals surface area (Å²) in [5, 5.41) is 91.9. The smallest absolute Gasteiger partial charge is 0.0568 e. The van der Waals surface area contributed by atoms with Gasteiger partial charge in [0.05, 0.1) is 61.0 Å². The highest BCUT2D eigenvalue weighted by molar-refractivity contribution is 4.77. The zero-order valence-electron chi connectivity index (χ0n) is 59.8. The lowest BCUT2D eigenvalue weighted by Crippen LogP contribution is -2.23. The number of hydrogen-bond donors (Lipinski definition) is 10. The van der Waals surface area contributed by atoms with Crippen LogP contribution in [0.5, 0.6) is 0 Å². The second-order valence-corrected chi connectivity index (χ2v) is 30.5. The molecule has 0 spiro atoms. The molecule has 12 unspecified atom stereocenters. The molecule has 10 heteroatoms. The highest BCUT2D eigenvalue weighted by Crippen LogP contribution is 2.32. The van der Waals surface area contributed by atoms with E-state index >= 15 is 0 Å². The van der Waals surface area contributed by atoms with Gasteiger partial charge in [0.25, 0.3) is 0 Å². The lowest BCUT2D eigenvalue weighted by molar-refractivity contribution is 0.0649. The molecule has 0 aromatic heterocycles. The molecular weight excluding hydrogens is 1100 g/mol. The summed E-state index contributed by atoms with van der Waals surface area (Å²) < 4.78 is 0. The molecular formula is C78H156O10. The number of rotatable bonds is 9. The molecule has 10 saturated carbocycles. The molecule has 10 rings (SSSR count). The van der Waals surface area contributed by atoms with Crippen LogP contribution in [0.2, 0.25) is 0 Å². The Morgan fingerprint density at radius 1 is 0.227 bits per heavy atom. The Morgan fingerprint density at radius 2 is 0.591 bits per heavy atom. The van der Waals surface area contributed by atoms with Crippen LogP contribution in [0.1, 0.15) is 383 Å². The molecule has 528 valence electrons. The van der Waals surface area contributed by atoms with Gasteiger partial charge in [0.2, 0.25) is 0 Å². The summed E-state index contributed by atoms with van der Waals surface area (Å²) in [7, 11) is 0. The second-order valence-electron chi connectivity index (χ2n) is 30.5. The fourth-order valence-electron chi connectivity index (χ4n) is 15.5. The number of aliphatic hydroxyl groups is 10. The van der Waals surface area contributed by atoms with Gasteiger partial charge in [-0.2, -0.15) is 0 Å². The molecule has 0 bridgehead atoms. The minimum Gasteiger partial charge on any atom is -0.393 e. The Labute approximate surface area is 546 Å². The molecule has 0 aromatic rings. The van der Waals surface area contributed by atoms with Gasteiger partial charge in [0.1, 0.15) is 0 Å². The standard InChI is InChI=1S/3C9H18O.3C8H16O.3C7H14O.C6H12O/c1-2-5-8-6-3-4-7-9(8)10;1-2-4-8-5-3-6-9(10)7-8;1-2-3-8-4-6-9(10)7-5-8;1-2-7-3-5-8(9)6-4-7;1-2-7-4-3-5-8(9)6-7;1-2-7-5-3-4-6-8(7)9;1-6-2-4-7(8)5-3-6;1-6-3-2-4-7(8)5-6;1-6-4-2-3-5-7(6)8;7-6-4-2-1-3-5-6/h3*8-10H,2-7H2,1H3;3*7-9H,2-6H2,1H3;3*6-8H,2-5H2,1H3;6-7H,1-5H2. The zero-order chi connectivity index (χ0) is 65.3. The molecule has 88 heavy (non-hydrogen) atoms. The van der Waals surface area contributed by atoms with Crippen molar-refractivity contribution in [1.29, 1.82) is 0 Å². The Balaban J connectivity index is 0.000000490. The normalized spacial score (nSPS) is 35.8. The van der Waals surface area contributed by atoms with Gasteiger partial charge < -0.3 is 51.1 Å². The van der Waals surface area contributed by atoms with Crippen LogP contribution in [-0.4, -0.2) is 112 Å². The molecule has 12 atom stereocenters. The third-order valence-corrected chi connectivity index (χ3v) is 22.1. The van der Waals surface area contributed by atoms with Crippen molar-refractivity contribution in [3.8, 4) is 0 Å². The molecule has 10 aliphatic carbocycles. The van der Waals surface area contributed by atoms with E-state index < -0.39 is 0 Å². The van der Waals surface area contributed by atoms with Crippen LogP contribution >= 0.6 is 0 Å². The lowest BCUT2D eigenvalue weighted by Gasteiger charge is -2.26. The zero-order valence-corrected chi connectivity index (χ0v) is 59.8. The molecule has 0 aliphatic heterocycles. The lowest BCUT2D eigenvalue weighted by atomic mass is 9.84. The molecule has 0 saturated heterocycles. The van der Waals surface area contributed by atoms with Crippen LogP contribution in [0.4, 0.5) is 0 Å². The summed E-state index contributed by atoms with van der Waals surface area (Å²) in [6.45, 7) is 19.9. The molecule has 0 aromatic carbocycles. The van der Waals surface area contributed by atoms with E-state index in [-0.39, 0.29) is 61.0 Å². The van der Waals surface area contributed by atoms with Gasteiger partial charge >= 0.3 is 0 Å². The Hall–Kier alpha value is -0.400. The SMILES string of the molecule is CC1CCC(O)CC1.CC1CCCC(O)C1.CC1CCCCC1O.CCC1CCC(O)CC1.CCC1CCCC(O)C1.CCC1CCCCC1O.CCCC1CCC(O)CC1.CCCC1CCCC(O)C1.CCCC1CCCCC1O.OC1CCCCC1. The topological polar surface area (TPSA) is 202 Å². The van der Waals surface area contributed by atoms with Gasteiger partial charge in [0.15, 0.2) is 0 Å². The average Bonchev–Trinajstić information content (AvgIpc) is 3.53. The van der Waals surface area contributed by atoms with Gasteiger partial charge in [-0.15, -0.1) is 0 Å². The molecule has 0 radical (unpaired) electrons. The second kappa shape index (κ2) is 55.8. The van der Waals surface area contributed by atoms with Crippen LogP contribution in [0.15, 0.2) is 0 Å². The molecule has 10 N–H and O–H groups in total. The van der Waals surface area contributed by atoms with Crippen molar-refractivity contribution < 1.29 is 51.1 Å². The van der Waals surface area contributed by atoms with E-state index in [1.54, 1.807) is 0 Å². The van der Waals surface area contributed by atoms with Crippen molar-refractivity contribution in [1.82, 2.24) is 0 Å². The van der Waals surface area contributed by atoms with E-state index in [4.69, 9.17) is 20.4 Å². The molecule has 0 amide bonds. The van der Waals surface area contributed by atoms with Crippen molar-refractivity contribution in [2.45, 2.75) is 444 Å². The van der Waals surface area contributed by atoms with Crippen LogP contribution in [0.25, 0.3) is 0 Å². The number of aliphatic hydroxyl groups excluding tert-OH is 10. The summed E-state index contributed by atoms with van der Waals surface area (Å²) >= 11 is 0. The van der Waals surface area contributed by atoms with Crippen molar-refractivity contribution in [2.24, 2.45) is 53.3 Å². The van der Waals surface area contributed by atoms with Crippen LogP contribution in [0, 0.1) is 53.3 Å². The first-order valence-corrected chi connectivity index (χ1v) is 39.1. The minimum atomic E-state index is 0.00347. The summed E-state index contributed by atoms with van der Waals surface area (Å²) in [5.74, 6) is 6.89. The largest absolute Gasteiger partial charge is 0.393 e. The van der Waals surface area contributed by atoms with Gasteiger partial charge in [-0.25, -0.2) is 0 Å². The van der Waals surface area contributed by atoms with Gasteiger partial charge in [0, 0.05) is 0 Å². The average molecular weight is 1250 g/mol. The van der Waals surface area contributed by atoms with E-state index in [2.05, 4.69) is 62.3 Å². The Bertz CT molecular complexity index is 1430. The highest BCUT2D eigenvalue weighted by Gasteiger charge is 2.25. The highest BCUT2D eigenvalue weighted by atomic mass is 16.3. The molecule has 0 heterocycles. The molecule has 10 nitrogen and oxygen atoms in total. The van der Waals surface area contributed by atoms with Crippen molar-refractivity contribution in [3.05, 3.63) is 0 Å². The van der Waals surface area contributed by atoms with Crippen molar-refractivity contribution in [2.75, 3.05) is 0 Å². The van der Waals surface area contributed by atoms with Gasteiger partial charge in [-0.1, -0.05) is 210 Å². The first-order valence-electron chi connectivity index (χ1n) is 39.1. The number of hydrogen-bond acceptors (Lipinski definition) is 10. The van der Waals surface area contributed by atoms with Crippen LogP contribution < -0.4 is 0 Å². The predicted octanol–water partition coefficient (Wildman–Crippen LogP) is 18.8. The van der Waals surface area contributed by atoms with Crippen LogP contribution in [-0.2, 0) is 0 Å². The van der Waals surface area contributed by atoms with Crippen molar-refractivity contribution >= 4 is 0 Å². The maximum absolute atomic E-state index is 9.50. The third-order valence-electron chi connectivity index (χ3n) is 22.1. The van der Waals surface area contributed by atoms with E-state index in [0.717, 1.165) is 151 Å². The first kappa shape index (κ1) is 85.6. The van der Waals surface area contributed by atoms with Crippen LogP contribution in [0.3, 0.4) is 0 Å². The maximum atomic E-state index is 9.50. The summed E-state index contributed by atoms with van der Waals surface area (Å²) in [6, 6.07) is 0. The third kappa shape index (κ3) is 45.8. The quantitative estimate of drug-likeness (QED) is 0.106. The summed E-state index contributed by atoms with van der Waals surface area (Å²) in [4.78, 5) is 0. The summed E-state index contributed by atoms with van der Waals surface area (Å²) in [6.07, 6.45) is 59.7.